The van der Waals surface area contributed by atoms with Crippen LogP contribution in [0.5, 0.6) is 0 Å². The number of amides is 3. The molecule has 1 saturated heterocycles. The average Bonchev–Trinajstić information content (AvgIpc) is 2.65. The minimum Gasteiger partial charge on any atom is -0.385 e. The number of benzene rings is 1. The van der Waals surface area contributed by atoms with Crippen molar-refractivity contribution in [2.24, 2.45) is 0 Å². The molecule has 1 fully saturated rings. The molecule has 1 aliphatic heterocycles. The minimum absolute atomic E-state index is 0.123. The molecule has 1 aliphatic rings. The van der Waals surface area contributed by atoms with Gasteiger partial charge in [-0.3, -0.25) is 4.79 Å². The van der Waals surface area contributed by atoms with E-state index in [9.17, 15) is 9.59 Å². The number of nitrogens with one attached hydrogen (secondary N) is 2. The first-order valence-electron chi connectivity index (χ1n) is 9.17. The summed E-state index contributed by atoms with van der Waals surface area (Å²) in [6.07, 6.45) is 4.26. The van der Waals surface area contributed by atoms with Crippen LogP contribution in [-0.2, 0) is 4.74 Å². The van der Waals surface area contributed by atoms with Crippen molar-refractivity contribution in [2.45, 2.75) is 25.7 Å². The van der Waals surface area contributed by atoms with Gasteiger partial charge in [-0.05, 0) is 43.9 Å². The zero-order valence-corrected chi connectivity index (χ0v) is 16.0. The van der Waals surface area contributed by atoms with E-state index >= 15 is 0 Å². The lowest BCUT2D eigenvalue weighted by molar-refractivity contribution is 0.0949. The maximum atomic E-state index is 12.7. The SMILES string of the molecule is COCCCNC(=O)c1cc(NC(=O)N(C)C)ccc1N1CCCCC1. The number of carbonyl (C=O) groups excluding carboxylic acids is 2. The Morgan fingerprint density at radius 1 is 1.19 bits per heavy atom. The van der Waals surface area contributed by atoms with Gasteiger partial charge >= 0.3 is 6.03 Å². The molecule has 1 aromatic carbocycles. The molecule has 26 heavy (non-hydrogen) atoms. The van der Waals surface area contributed by atoms with E-state index in [-0.39, 0.29) is 11.9 Å². The number of piperidine rings is 1. The highest BCUT2D eigenvalue weighted by Gasteiger charge is 2.19. The number of nitrogens with zero attached hydrogens (tertiary/aromatic N) is 2. The second-order valence-corrected chi connectivity index (χ2v) is 6.71. The fourth-order valence-corrected chi connectivity index (χ4v) is 2.96. The summed E-state index contributed by atoms with van der Waals surface area (Å²) >= 11 is 0. The Bertz CT molecular complexity index is 613. The zero-order valence-electron chi connectivity index (χ0n) is 16.0. The van der Waals surface area contributed by atoms with E-state index in [0.717, 1.165) is 38.0 Å². The van der Waals surface area contributed by atoms with Gasteiger partial charge in [0.15, 0.2) is 0 Å². The molecule has 144 valence electrons. The smallest absolute Gasteiger partial charge is 0.321 e. The molecule has 0 saturated carbocycles. The summed E-state index contributed by atoms with van der Waals surface area (Å²) in [5.41, 5.74) is 2.14. The predicted octanol–water partition coefficient (Wildman–Crippen LogP) is 2.54. The van der Waals surface area contributed by atoms with E-state index in [1.807, 2.05) is 12.1 Å². The summed E-state index contributed by atoms with van der Waals surface area (Å²) in [5.74, 6) is -0.123. The molecular formula is C19H30N4O3. The Morgan fingerprint density at radius 3 is 2.58 bits per heavy atom. The molecule has 2 N–H and O–H groups in total. The Hall–Kier alpha value is -2.28. The van der Waals surface area contributed by atoms with E-state index in [2.05, 4.69) is 15.5 Å². The molecule has 0 aromatic heterocycles. The molecule has 1 aromatic rings. The molecule has 0 aliphatic carbocycles. The van der Waals surface area contributed by atoms with Crippen molar-refractivity contribution >= 4 is 23.3 Å². The number of urea groups is 1. The largest absolute Gasteiger partial charge is 0.385 e. The maximum Gasteiger partial charge on any atom is 0.321 e. The number of rotatable bonds is 7. The van der Waals surface area contributed by atoms with Crippen molar-refractivity contribution in [3.63, 3.8) is 0 Å². The predicted molar refractivity (Wildman–Crippen MR) is 104 cm³/mol. The third-order valence-corrected chi connectivity index (χ3v) is 4.41. The lowest BCUT2D eigenvalue weighted by Gasteiger charge is -2.30. The Kier molecular flexibility index (Phi) is 7.72. The minimum atomic E-state index is -0.220. The van der Waals surface area contributed by atoms with E-state index in [1.165, 1.54) is 11.3 Å². The van der Waals surface area contributed by atoms with Crippen LogP contribution in [0.2, 0.25) is 0 Å². The van der Waals surface area contributed by atoms with Gasteiger partial charge in [-0.25, -0.2) is 4.79 Å². The molecule has 3 amide bonds. The summed E-state index contributed by atoms with van der Waals surface area (Å²) in [6, 6.07) is 5.33. The van der Waals surface area contributed by atoms with Crippen LogP contribution in [0.3, 0.4) is 0 Å². The third kappa shape index (κ3) is 5.62. The molecule has 1 heterocycles. The van der Waals surface area contributed by atoms with Gasteiger partial charge in [0, 0.05) is 58.8 Å². The average molecular weight is 362 g/mol. The molecule has 7 nitrogen and oxygen atoms in total. The van der Waals surface area contributed by atoms with Crippen LogP contribution >= 0.6 is 0 Å². The molecule has 0 bridgehead atoms. The number of anilines is 2. The van der Waals surface area contributed by atoms with Crippen molar-refractivity contribution in [1.82, 2.24) is 10.2 Å². The normalized spacial score (nSPS) is 14.0. The molecule has 0 unspecified atom stereocenters. The van der Waals surface area contributed by atoms with Gasteiger partial charge in [0.05, 0.1) is 5.56 Å². The number of methoxy groups -OCH3 is 1. The molecule has 7 heteroatoms. The van der Waals surface area contributed by atoms with Crippen LogP contribution in [0.4, 0.5) is 16.2 Å². The standard InChI is InChI=1S/C19H30N4O3/c1-22(2)19(25)21-15-8-9-17(23-11-5-4-6-12-23)16(14-15)18(24)20-10-7-13-26-3/h8-9,14H,4-7,10-13H2,1-3H3,(H,20,24)(H,21,25). The van der Waals surface area contributed by atoms with Gasteiger partial charge in [0.25, 0.3) is 5.91 Å². The fourth-order valence-electron chi connectivity index (χ4n) is 2.96. The first-order valence-corrected chi connectivity index (χ1v) is 9.17. The van der Waals surface area contributed by atoms with E-state index in [0.29, 0.717) is 24.4 Å². The van der Waals surface area contributed by atoms with E-state index < -0.39 is 0 Å². The van der Waals surface area contributed by atoms with Gasteiger partial charge in [-0.15, -0.1) is 0 Å². The van der Waals surface area contributed by atoms with Crippen LogP contribution in [0.15, 0.2) is 18.2 Å². The second-order valence-electron chi connectivity index (χ2n) is 6.71. The lowest BCUT2D eigenvalue weighted by Crippen LogP contribution is -2.33. The highest BCUT2D eigenvalue weighted by Crippen LogP contribution is 2.27. The number of carbonyl (C=O) groups is 2. The van der Waals surface area contributed by atoms with Gasteiger partial charge < -0.3 is 25.2 Å². The first-order chi connectivity index (χ1) is 12.5. The van der Waals surface area contributed by atoms with Crippen molar-refractivity contribution in [3.05, 3.63) is 23.8 Å². The topological polar surface area (TPSA) is 73.9 Å². The van der Waals surface area contributed by atoms with E-state index in [4.69, 9.17) is 4.74 Å². The quantitative estimate of drug-likeness (QED) is 0.731. The van der Waals surface area contributed by atoms with Crippen LogP contribution in [0.1, 0.15) is 36.0 Å². The van der Waals surface area contributed by atoms with Gasteiger partial charge in [-0.2, -0.15) is 0 Å². The molecular weight excluding hydrogens is 332 g/mol. The van der Waals surface area contributed by atoms with Crippen molar-refractivity contribution in [1.29, 1.82) is 0 Å². The highest BCUT2D eigenvalue weighted by molar-refractivity contribution is 6.02. The summed E-state index contributed by atoms with van der Waals surface area (Å²) in [6.45, 7) is 3.07. The number of hydrogen-bond acceptors (Lipinski definition) is 4. The van der Waals surface area contributed by atoms with Crippen LogP contribution in [0, 0.1) is 0 Å². The first kappa shape index (κ1) is 20.0. The van der Waals surface area contributed by atoms with Crippen molar-refractivity contribution in [2.75, 3.05) is 57.7 Å². The molecule has 2 rings (SSSR count). The van der Waals surface area contributed by atoms with Crippen LogP contribution < -0.4 is 15.5 Å². The fraction of sp³-hybridized carbons (Fsp3) is 0.579. The van der Waals surface area contributed by atoms with Gasteiger partial charge in [0.1, 0.15) is 0 Å². The van der Waals surface area contributed by atoms with Crippen LogP contribution in [0.25, 0.3) is 0 Å². The van der Waals surface area contributed by atoms with Crippen LogP contribution in [-0.4, -0.2) is 64.3 Å². The second kappa shape index (κ2) is 10.0. The van der Waals surface area contributed by atoms with Gasteiger partial charge in [-0.1, -0.05) is 0 Å². The highest BCUT2D eigenvalue weighted by atomic mass is 16.5. The summed E-state index contributed by atoms with van der Waals surface area (Å²) < 4.78 is 5.02. The van der Waals surface area contributed by atoms with Crippen molar-refractivity contribution in [3.8, 4) is 0 Å². The summed E-state index contributed by atoms with van der Waals surface area (Å²) in [7, 11) is 5.01. The van der Waals surface area contributed by atoms with E-state index in [1.54, 1.807) is 27.3 Å². The maximum absolute atomic E-state index is 12.7. The molecule has 0 radical (unpaired) electrons. The molecule has 0 atom stereocenters. The molecule has 0 spiro atoms. The Balaban J connectivity index is 2.20. The monoisotopic (exact) mass is 362 g/mol. The summed E-state index contributed by atoms with van der Waals surface area (Å²) in [5, 5.41) is 5.76. The third-order valence-electron chi connectivity index (χ3n) is 4.41. The van der Waals surface area contributed by atoms with Crippen molar-refractivity contribution < 1.29 is 14.3 Å². The zero-order chi connectivity index (χ0) is 18.9. The Morgan fingerprint density at radius 2 is 1.92 bits per heavy atom. The lowest BCUT2D eigenvalue weighted by atomic mass is 10.1. The Labute approximate surface area is 155 Å². The number of ether oxygens (including phenoxy) is 1. The number of hydrogen-bond donors (Lipinski definition) is 2. The van der Waals surface area contributed by atoms with Gasteiger partial charge in [0.2, 0.25) is 0 Å². The summed E-state index contributed by atoms with van der Waals surface area (Å²) in [4.78, 5) is 28.4.